The smallest absolute Gasteiger partial charge is 0.253 e. The number of benzene rings is 3. The molecule has 0 aromatic heterocycles. The number of anilines is 1. The van der Waals surface area contributed by atoms with Crippen molar-refractivity contribution in [3.05, 3.63) is 82.9 Å². The molecule has 0 spiro atoms. The molecular weight excluding hydrogens is 428 g/mol. The minimum absolute atomic E-state index is 0.0319. The van der Waals surface area contributed by atoms with Crippen LogP contribution in [0.4, 0.5) is 5.69 Å². The Morgan fingerprint density at radius 3 is 2.15 bits per heavy atom. The largest absolute Gasteiger partial charge is 0.497 e. The van der Waals surface area contributed by atoms with Gasteiger partial charge in [0, 0.05) is 43.0 Å². The lowest BCUT2D eigenvalue weighted by Crippen LogP contribution is -2.48. The number of hydrogen-bond acceptors (Lipinski definition) is 5. The summed E-state index contributed by atoms with van der Waals surface area (Å²) in [7, 11) is 3.30. The molecule has 1 heterocycles. The Hall–Kier alpha value is -3.67. The Morgan fingerprint density at radius 1 is 0.794 bits per heavy atom. The lowest BCUT2D eigenvalue weighted by atomic mass is 10.1. The summed E-state index contributed by atoms with van der Waals surface area (Å²) >= 11 is 0. The third kappa shape index (κ3) is 5.28. The van der Waals surface area contributed by atoms with Crippen molar-refractivity contribution in [3.8, 4) is 17.2 Å². The number of methoxy groups -OCH3 is 2. The average molecular weight is 461 g/mol. The maximum absolute atomic E-state index is 13.2. The minimum Gasteiger partial charge on any atom is -0.497 e. The standard InChI is InChI=1S/C28H32N2O4/c1-20-5-9-26(17-21(20)2)34-19-23-18-22(6-12-27(23)33-4)28(31)30-15-13-29(14-16-30)24-7-10-25(32-3)11-8-24/h5-12,17-18H,13-16,19H2,1-4H3. The predicted molar refractivity (Wildman–Crippen MR) is 134 cm³/mol. The van der Waals surface area contributed by atoms with Gasteiger partial charge in [0.1, 0.15) is 23.9 Å². The van der Waals surface area contributed by atoms with Crippen LogP contribution in [-0.4, -0.2) is 51.2 Å². The van der Waals surface area contributed by atoms with Crippen molar-refractivity contribution >= 4 is 11.6 Å². The Balaban J connectivity index is 1.41. The van der Waals surface area contributed by atoms with Gasteiger partial charge in [-0.05, 0) is 79.6 Å². The van der Waals surface area contributed by atoms with Crippen LogP contribution in [0, 0.1) is 13.8 Å². The molecule has 0 radical (unpaired) electrons. The first-order valence-electron chi connectivity index (χ1n) is 11.5. The molecule has 3 aromatic rings. The maximum atomic E-state index is 13.2. The van der Waals surface area contributed by atoms with Gasteiger partial charge in [0.05, 0.1) is 14.2 Å². The maximum Gasteiger partial charge on any atom is 0.253 e. The number of rotatable bonds is 7. The molecule has 0 unspecified atom stereocenters. The third-order valence-electron chi connectivity index (χ3n) is 6.40. The van der Waals surface area contributed by atoms with E-state index in [1.54, 1.807) is 14.2 Å². The summed E-state index contributed by atoms with van der Waals surface area (Å²) in [5.41, 5.74) is 5.05. The molecule has 0 saturated carbocycles. The fourth-order valence-corrected chi connectivity index (χ4v) is 4.13. The minimum atomic E-state index is 0.0319. The fraction of sp³-hybridized carbons (Fsp3) is 0.321. The van der Waals surface area contributed by atoms with Gasteiger partial charge < -0.3 is 24.0 Å². The summed E-state index contributed by atoms with van der Waals surface area (Å²) < 4.78 is 16.8. The number of nitrogens with zero attached hydrogens (tertiary/aromatic N) is 2. The van der Waals surface area contributed by atoms with Gasteiger partial charge in [-0.3, -0.25) is 4.79 Å². The zero-order valence-electron chi connectivity index (χ0n) is 20.3. The summed E-state index contributed by atoms with van der Waals surface area (Å²) in [6.45, 7) is 7.40. The molecular formula is C28H32N2O4. The Bertz CT molecular complexity index is 1140. The molecule has 6 heteroatoms. The van der Waals surface area contributed by atoms with Crippen molar-refractivity contribution in [2.24, 2.45) is 0 Å². The van der Waals surface area contributed by atoms with E-state index < -0.39 is 0 Å². The zero-order chi connectivity index (χ0) is 24.1. The molecule has 34 heavy (non-hydrogen) atoms. The van der Waals surface area contributed by atoms with Gasteiger partial charge in [-0.2, -0.15) is 0 Å². The van der Waals surface area contributed by atoms with E-state index in [1.807, 2.05) is 53.4 Å². The molecule has 3 aromatic carbocycles. The Morgan fingerprint density at radius 2 is 1.50 bits per heavy atom. The first-order chi connectivity index (χ1) is 16.5. The molecule has 0 atom stereocenters. The van der Waals surface area contributed by atoms with Crippen LogP contribution in [0.3, 0.4) is 0 Å². The van der Waals surface area contributed by atoms with Crippen molar-refractivity contribution < 1.29 is 19.0 Å². The Kier molecular flexibility index (Phi) is 7.26. The second kappa shape index (κ2) is 10.5. The van der Waals surface area contributed by atoms with Crippen LogP contribution < -0.4 is 19.1 Å². The van der Waals surface area contributed by atoms with Crippen LogP contribution in [0.1, 0.15) is 27.0 Å². The van der Waals surface area contributed by atoms with E-state index in [-0.39, 0.29) is 5.91 Å². The van der Waals surface area contributed by atoms with Gasteiger partial charge in [-0.15, -0.1) is 0 Å². The molecule has 1 aliphatic rings. The summed E-state index contributed by atoms with van der Waals surface area (Å²) in [4.78, 5) is 17.4. The lowest BCUT2D eigenvalue weighted by Gasteiger charge is -2.36. The molecule has 178 valence electrons. The quantitative estimate of drug-likeness (QED) is 0.504. The van der Waals surface area contributed by atoms with E-state index in [4.69, 9.17) is 14.2 Å². The van der Waals surface area contributed by atoms with Crippen LogP contribution in [0.5, 0.6) is 17.2 Å². The van der Waals surface area contributed by atoms with Crippen molar-refractivity contribution in [1.82, 2.24) is 4.90 Å². The lowest BCUT2D eigenvalue weighted by molar-refractivity contribution is 0.0746. The van der Waals surface area contributed by atoms with Crippen LogP contribution in [0.15, 0.2) is 60.7 Å². The summed E-state index contributed by atoms with van der Waals surface area (Å²) in [6, 6.07) is 19.6. The first kappa shape index (κ1) is 23.5. The van der Waals surface area contributed by atoms with E-state index in [0.717, 1.165) is 35.8 Å². The predicted octanol–water partition coefficient (Wildman–Crippen LogP) is 4.86. The Labute approximate surface area is 201 Å². The molecule has 6 nitrogen and oxygen atoms in total. The average Bonchev–Trinajstić information content (AvgIpc) is 2.89. The highest BCUT2D eigenvalue weighted by Crippen LogP contribution is 2.25. The van der Waals surface area contributed by atoms with Gasteiger partial charge >= 0.3 is 0 Å². The topological polar surface area (TPSA) is 51.2 Å². The van der Waals surface area contributed by atoms with Crippen LogP contribution in [0.2, 0.25) is 0 Å². The molecule has 1 fully saturated rings. The molecule has 0 bridgehead atoms. The summed E-state index contributed by atoms with van der Waals surface area (Å²) in [5.74, 6) is 2.39. The van der Waals surface area contributed by atoms with E-state index in [0.29, 0.717) is 31.0 Å². The van der Waals surface area contributed by atoms with Crippen LogP contribution >= 0.6 is 0 Å². The van der Waals surface area contributed by atoms with Crippen molar-refractivity contribution in [2.75, 3.05) is 45.3 Å². The summed E-state index contributed by atoms with van der Waals surface area (Å²) in [5, 5.41) is 0. The van der Waals surface area contributed by atoms with Gasteiger partial charge in [-0.1, -0.05) is 6.07 Å². The van der Waals surface area contributed by atoms with E-state index >= 15 is 0 Å². The van der Waals surface area contributed by atoms with Gasteiger partial charge in [0.15, 0.2) is 0 Å². The van der Waals surface area contributed by atoms with Crippen molar-refractivity contribution in [2.45, 2.75) is 20.5 Å². The van der Waals surface area contributed by atoms with Gasteiger partial charge in [0.25, 0.3) is 5.91 Å². The molecule has 4 rings (SSSR count). The number of hydrogen-bond donors (Lipinski definition) is 0. The highest BCUT2D eigenvalue weighted by molar-refractivity contribution is 5.94. The molecule has 1 aliphatic heterocycles. The number of carbonyl (C=O) groups is 1. The number of carbonyl (C=O) groups excluding carboxylic acids is 1. The number of piperazine rings is 1. The van der Waals surface area contributed by atoms with Crippen LogP contribution in [0.25, 0.3) is 0 Å². The second-order valence-electron chi connectivity index (χ2n) is 8.54. The summed E-state index contributed by atoms with van der Waals surface area (Å²) in [6.07, 6.45) is 0. The number of ether oxygens (including phenoxy) is 3. The second-order valence-corrected chi connectivity index (χ2v) is 8.54. The van der Waals surface area contributed by atoms with Gasteiger partial charge in [0.2, 0.25) is 0 Å². The third-order valence-corrected chi connectivity index (χ3v) is 6.40. The normalized spacial score (nSPS) is 13.5. The van der Waals surface area contributed by atoms with Crippen molar-refractivity contribution in [3.63, 3.8) is 0 Å². The first-order valence-corrected chi connectivity index (χ1v) is 11.5. The molecule has 0 aliphatic carbocycles. The SMILES string of the molecule is COc1ccc(N2CCN(C(=O)c3ccc(OC)c(COc4ccc(C)c(C)c4)c3)CC2)cc1. The van der Waals surface area contributed by atoms with E-state index in [9.17, 15) is 4.79 Å². The van der Waals surface area contributed by atoms with E-state index in [1.165, 1.54) is 11.1 Å². The zero-order valence-corrected chi connectivity index (χ0v) is 20.3. The highest BCUT2D eigenvalue weighted by atomic mass is 16.5. The molecule has 1 amide bonds. The monoisotopic (exact) mass is 460 g/mol. The van der Waals surface area contributed by atoms with Crippen molar-refractivity contribution in [1.29, 1.82) is 0 Å². The number of amides is 1. The highest BCUT2D eigenvalue weighted by Gasteiger charge is 2.23. The molecule has 0 N–H and O–H groups in total. The van der Waals surface area contributed by atoms with E-state index in [2.05, 4.69) is 30.9 Å². The van der Waals surface area contributed by atoms with Crippen LogP contribution in [-0.2, 0) is 6.61 Å². The number of aryl methyl sites for hydroxylation is 2. The fourth-order valence-electron chi connectivity index (χ4n) is 4.13. The van der Waals surface area contributed by atoms with Gasteiger partial charge in [-0.25, -0.2) is 0 Å². The molecule has 1 saturated heterocycles.